The van der Waals surface area contributed by atoms with Crippen molar-refractivity contribution in [1.29, 1.82) is 0 Å². The Labute approximate surface area is 215 Å². The van der Waals surface area contributed by atoms with Gasteiger partial charge in [-0.2, -0.15) is 0 Å². The summed E-state index contributed by atoms with van der Waals surface area (Å²) in [6.45, 7) is 2.39. The van der Waals surface area contributed by atoms with Gasteiger partial charge in [0.25, 0.3) is 5.69 Å². The molecule has 12 heteroatoms. The number of amides is 2. The van der Waals surface area contributed by atoms with Crippen LogP contribution in [0.3, 0.4) is 0 Å². The molecule has 1 saturated carbocycles. The average molecular weight is 535 g/mol. The predicted molar refractivity (Wildman–Crippen MR) is 137 cm³/mol. The van der Waals surface area contributed by atoms with Crippen molar-refractivity contribution in [3.05, 3.63) is 69.5 Å². The lowest BCUT2D eigenvalue weighted by Crippen LogP contribution is -2.52. The summed E-state index contributed by atoms with van der Waals surface area (Å²) >= 11 is 0. The Hall–Kier alpha value is -3.54. The van der Waals surface area contributed by atoms with Crippen LogP contribution in [0.2, 0.25) is 0 Å². The quantitative estimate of drug-likeness (QED) is 0.368. The molecule has 0 heterocycles. The Morgan fingerprint density at radius 3 is 2.35 bits per heavy atom. The van der Waals surface area contributed by atoms with Gasteiger partial charge in [-0.3, -0.25) is 24.0 Å². The molecule has 10 nitrogen and oxygen atoms in total. The number of sulfonamides is 1. The number of halogens is 1. The van der Waals surface area contributed by atoms with Gasteiger partial charge in [0.05, 0.1) is 16.9 Å². The van der Waals surface area contributed by atoms with Gasteiger partial charge in [-0.1, -0.05) is 31.0 Å². The minimum absolute atomic E-state index is 0.00478. The molecule has 1 N–H and O–H groups in total. The van der Waals surface area contributed by atoms with Crippen molar-refractivity contribution in [3.8, 4) is 0 Å². The van der Waals surface area contributed by atoms with Gasteiger partial charge in [0.1, 0.15) is 18.4 Å². The van der Waals surface area contributed by atoms with Crippen LogP contribution in [-0.4, -0.2) is 54.9 Å². The monoisotopic (exact) mass is 534 g/mol. The van der Waals surface area contributed by atoms with E-state index in [9.17, 15) is 32.5 Å². The maximum absolute atomic E-state index is 13.6. The largest absolute Gasteiger partial charge is 0.352 e. The lowest BCUT2D eigenvalue weighted by Gasteiger charge is -2.32. The molecule has 37 heavy (non-hydrogen) atoms. The number of carbonyl (C=O) groups excluding carboxylic acids is 2. The molecule has 2 amide bonds. The zero-order chi connectivity index (χ0) is 27.3. The third-order valence-electron chi connectivity index (χ3n) is 6.49. The second-order valence-electron chi connectivity index (χ2n) is 9.31. The van der Waals surface area contributed by atoms with Crippen LogP contribution in [0.4, 0.5) is 15.8 Å². The second-order valence-corrected chi connectivity index (χ2v) is 11.2. The molecule has 1 fully saturated rings. The van der Waals surface area contributed by atoms with Gasteiger partial charge in [0.15, 0.2) is 0 Å². The van der Waals surface area contributed by atoms with E-state index in [0.717, 1.165) is 42.3 Å². The smallest absolute Gasteiger partial charge is 0.271 e. The van der Waals surface area contributed by atoms with Gasteiger partial charge in [-0.05, 0) is 49.9 Å². The van der Waals surface area contributed by atoms with Crippen LogP contribution in [0.25, 0.3) is 0 Å². The topological polar surface area (TPSA) is 130 Å². The number of nitrogens with one attached hydrogen (secondary N) is 1. The number of anilines is 1. The van der Waals surface area contributed by atoms with Gasteiger partial charge < -0.3 is 10.2 Å². The van der Waals surface area contributed by atoms with Crippen molar-refractivity contribution < 1.29 is 27.3 Å². The van der Waals surface area contributed by atoms with E-state index >= 15 is 0 Å². The van der Waals surface area contributed by atoms with E-state index in [4.69, 9.17) is 0 Å². The fourth-order valence-corrected chi connectivity index (χ4v) is 5.23. The van der Waals surface area contributed by atoms with Crippen LogP contribution >= 0.6 is 0 Å². The summed E-state index contributed by atoms with van der Waals surface area (Å²) in [4.78, 5) is 38.5. The van der Waals surface area contributed by atoms with Gasteiger partial charge in [0.2, 0.25) is 21.8 Å². The van der Waals surface area contributed by atoms with E-state index in [1.54, 1.807) is 13.8 Å². The number of nitro groups is 1. The number of aryl methyl sites for hydroxylation is 1. The molecule has 0 unspecified atom stereocenters. The molecule has 0 aromatic heterocycles. The van der Waals surface area contributed by atoms with E-state index in [0.29, 0.717) is 11.1 Å². The van der Waals surface area contributed by atoms with Crippen molar-refractivity contribution in [1.82, 2.24) is 10.2 Å². The molecule has 2 aromatic rings. The number of hydrogen-bond donors (Lipinski definition) is 1. The van der Waals surface area contributed by atoms with E-state index in [-0.39, 0.29) is 29.9 Å². The summed E-state index contributed by atoms with van der Waals surface area (Å²) in [5.74, 6) is -1.52. The molecule has 0 spiro atoms. The molecule has 200 valence electrons. The normalized spacial score (nSPS) is 14.7. The summed E-state index contributed by atoms with van der Waals surface area (Å²) in [7, 11) is -4.04. The molecular formula is C25H31FN4O6S. The Balaban J connectivity index is 1.93. The fraction of sp³-hybridized carbons (Fsp3) is 0.440. The summed E-state index contributed by atoms with van der Waals surface area (Å²) in [5.41, 5.74) is 0.637. The first-order valence-corrected chi connectivity index (χ1v) is 13.8. The number of non-ortho nitro benzene ring substituents is 1. The first-order chi connectivity index (χ1) is 17.4. The maximum atomic E-state index is 13.6. The third-order valence-corrected chi connectivity index (χ3v) is 7.61. The highest BCUT2D eigenvalue weighted by Gasteiger charge is 2.32. The molecule has 2 aromatic carbocycles. The number of nitro benzene ring substituents is 1. The Morgan fingerprint density at radius 1 is 1.16 bits per heavy atom. The van der Waals surface area contributed by atoms with Crippen LogP contribution in [-0.2, 0) is 26.2 Å². The summed E-state index contributed by atoms with van der Waals surface area (Å²) in [6.07, 6.45) is 4.60. The zero-order valence-corrected chi connectivity index (χ0v) is 21.8. The van der Waals surface area contributed by atoms with Crippen LogP contribution < -0.4 is 9.62 Å². The lowest BCUT2D eigenvalue weighted by molar-refractivity contribution is -0.384. The second kappa shape index (κ2) is 11.7. The van der Waals surface area contributed by atoms with Crippen molar-refractivity contribution in [2.75, 3.05) is 17.1 Å². The van der Waals surface area contributed by atoms with Gasteiger partial charge in [-0.25, -0.2) is 12.8 Å². The molecule has 0 bridgehead atoms. The zero-order valence-electron chi connectivity index (χ0n) is 21.0. The fourth-order valence-electron chi connectivity index (χ4n) is 4.34. The van der Waals surface area contributed by atoms with E-state index in [2.05, 4.69) is 5.32 Å². The third kappa shape index (κ3) is 7.25. The molecule has 1 atom stereocenters. The molecule has 0 saturated heterocycles. The first kappa shape index (κ1) is 28.0. The number of carbonyl (C=O) groups is 2. The van der Waals surface area contributed by atoms with Gasteiger partial charge in [0, 0.05) is 24.7 Å². The van der Waals surface area contributed by atoms with Crippen molar-refractivity contribution in [2.24, 2.45) is 0 Å². The molecule has 1 aliphatic carbocycles. The van der Waals surface area contributed by atoms with Crippen LogP contribution in [0.1, 0.15) is 43.7 Å². The maximum Gasteiger partial charge on any atom is 0.271 e. The van der Waals surface area contributed by atoms with Crippen molar-refractivity contribution in [3.63, 3.8) is 0 Å². The number of nitrogens with zero attached hydrogens (tertiary/aromatic N) is 3. The standard InChI is InChI=1S/C25H31FN4O6S/c1-17-8-13-22(30(33)34)14-23(17)29(37(3,35)36)16-24(31)28(15-19-9-11-20(26)12-10-19)18(2)25(32)27-21-6-4-5-7-21/h8-14,18,21H,4-7,15-16H2,1-3H3,(H,27,32)/t18-/m1/s1. The SMILES string of the molecule is Cc1ccc([N+](=O)[O-])cc1N(CC(=O)N(Cc1ccc(F)cc1)[C@H](C)C(=O)NC1CCCC1)S(C)(=O)=O. The molecule has 0 radical (unpaired) electrons. The van der Waals surface area contributed by atoms with E-state index in [1.165, 1.54) is 41.3 Å². The Morgan fingerprint density at radius 2 is 1.78 bits per heavy atom. The minimum Gasteiger partial charge on any atom is -0.352 e. The minimum atomic E-state index is -4.04. The van der Waals surface area contributed by atoms with E-state index < -0.39 is 39.3 Å². The van der Waals surface area contributed by atoms with Crippen LogP contribution in [0, 0.1) is 22.9 Å². The summed E-state index contributed by atoms with van der Waals surface area (Å²) in [5, 5.41) is 14.2. The van der Waals surface area contributed by atoms with Gasteiger partial charge >= 0.3 is 0 Å². The highest BCUT2D eigenvalue weighted by Crippen LogP contribution is 2.28. The molecule has 1 aliphatic rings. The lowest BCUT2D eigenvalue weighted by atomic mass is 10.1. The molecule has 0 aliphatic heterocycles. The average Bonchev–Trinajstić information content (AvgIpc) is 3.34. The van der Waals surface area contributed by atoms with Crippen LogP contribution in [0.15, 0.2) is 42.5 Å². The Bertz CT molecular complexity index is 1260. The van der Waals surface area contributed by atoms with Crippen molar-refractivity contribution in [2.45, 2.75) is 58.2 Å². The van der Waals surface area contributed by atoms with Crippen LogP contribution in [0.5, 0.6) is 0 Å². The van der Waals surface area contributed by atoms with Crippen molar-refractivity contribution >= 4 is 33.2 Å². The highest BCUT2D eigenvalue weighted by atomic mass is 32.2. The number of benzene rings is 2. The van der Waals surface area contributed by atoms with Gasteiger partial charge in [-0.15, -0.1) is 0 Å². The Kier molecular flexibility index (Phi) is 8.85. The number of hydrogen-bond acceptors (Lipinski definition) is 6. The summed E-state index contributed by atoms with van der Waals surface area (Å²) < 4.78 is 39.7. The molecular weight excluding hydrogens is 503 g/mol. The molecule has 3 rings (SSSR count). The van der Waals surface area contributed by atoms with E-state index in [1.807, 2.05) is 0 Å². The highest BCUT2D eigenvalue weighted by molar-refractivity contribution is 7.92. The first-order valence-electron chi connectivity index (χ1n) is 11.9. The number of rotatable bonds is 10. The predicted octanol–water partition coefficient (Wildman–Crippen LogP) is 3.28. The summed E-state index contributed by atoms with van der Waals surface area (Å²) in [6, 6.07) is 8.24.